The maximum absolute atomic E-state index is 10.8. The Balaban J connectivity index is 1.85. The van der Waals surface area contributed by atoms with E-state index in [9.17, 15) is 10.1 Å². The number of hydrogen-bond donors (Lipinski definition) is 1. The van der Waals surface area contributed by atoms with Crippen LogP contribution >= 0.6 is 23.4 Å². The molecule has 1 atom stereocenters. The fraction of sp³-hybridized carbons (Fsp3) is 0.538. The number of thioether (sulfide) groups is 1. The third-order valence-electron chi connectivity index (χ3n) is 3.18. The first-order chi connectivity index (χ1) is 9.16. The Bertz CT molecular complexity index is 450. The average molecular weight is 301 g/mol. The highest BCUT2D eigenvalue weighted by Gasteiger charge is 2.14. The fourth-order valence-corrected chi connectivity index (χ4v) is 3.61. The molecule has 4 nitrogen and oxygen atoms in total. The molecule has 0 aromatic heterocycles. The van der Waals surface area contributed by atoms with Crippen molar-refractivity contribution in [1.82, 2.24) is 5.32 Å². The van der Waals surface area contributed by atoms with Crippen molar-refractivity contribution in [1.29, 1.82) is 0 Å². The van der Waals surface area contributed by atoms with E-state index in [1.807, 2.05) is 17.8 Å². The van der Waals surface area contributed by atoms with Gasteiger partial charge in [-0.05, 0) is 30.2 Å². The fourth-order valence-electron chi connectivity index (χ4n) is 2.15. The summed E-state index contributed by atoms with van der Waals surface area (Å²) in [6.07, 6.45) is 3.90. The van der Waals surface area contributed by atoms with Crippen molar-refractivity contribution in [3.8, 4) is 0 Å². The Morgan fingerprint density at radius 2 is 2.32 bits per heavy atom. The van der Waals surface area contributed by atoms with E-state index in [-0.39, 0.29) is 10.7 Å². The van der Waals surface area contributed by atoms with Crippen molar-refractivity contribution in [3.05, 3.63) is 38.9 Å². The lowest BCUT2D eigenvalue weighted by Gasteiger charge is -2.21. The molecule has 1 heterocycles. The average Bonchev–Trinajstić information content (AvgIpc) is 2.41. The van der Waals surface area contributed by atoms with E-state index in [4.69, 9.17) is 11.6 Å². The van der Waals surface area contributed by atoms with Gasteiger partial charge in [0, 0.05) is 24.4 Å². The molecule has 1 unspecified atom stereocenters. The van der Waals surface area contributed by atoms with Crippen LogP contribution in [0.1, 0.15) is 24.8 Å². The van der Waals surface area contributed by atoms with E-state index < -0.39 is 4.92 Å². The standard InChI is InChI=1S/C13H17ClN2O2S/c14-12-5-4-10(7-13(12)16(17)18)8-15-9-11-3-1-2-6-19-11/h4-5,7,11,15H,1-3,6,8-9H2. The number of halogens is 1. The summed E-state index contributed by atoms with van der Waals surface area (Å²) >= 11 is 7.80. The Labute approximate surface area is 122 Å². The van der Waals surface area contributed by atoms with Crippen molar-refractivity contribution in [2.45, 2.75) is 31.1 Å². The monoisotopic (exact) mass is 300 g/mol. The summed E-state index contributed by atoms with van der Waals surface area (Å²) in [5.41, 5.74) is 0.880. The van der Waals surface area contributed by atoms with E-state index in [0.29, 0.717) is 11.8 Å². The number of rotatable bonds is 5. The number of nitro benzene ring substituents is 1. The van der Waals surface area contributed by atoms with E-state index >= 15 is 0 Å². The zero-order valence-electron chi connectivity index (χ0n) is 10.6. The number of nitrogens with one attached hydrogen (secondary N) is 1. The molecule has 1 aliphatic heterocycles. The highest BCUT2D eigenvalue weighted by Crippen LogP contribution is 2.26. The quantitative estimate of drug-likeness (QED) is 0.666. The molecule has 1 aliphatic rings. The maximum Gasteiger partial charge on any atom is 0.288 e. The van der Waals surface area contributed by atoms with Gasteiger partial charge in [0.1, 0.15) is 5.02 Å². The zero-order valence-corrected chi connectivity index (χ0v) is 12.2. The molecule has 104 valence electrons. The third kappa shape index (κ3) is 4.37. The van der Waals surface area contributed by atoms with Gasteiger partial charge in [0.2, 0.25) is 0 Å². The highest BCUT2D eigenvalue weighted by molar-refractivity contribution is 7.99. The third-order valence-corrected chi connectivity index (χ3v) is 4.90. The molecule has 1 aromatic carbocycles. The lowest BCUT2D eigenvalue weighted by Crippen LogP contribution is -2.26. The minimum atomic E-state index is -0.442. The molecule has 1 N–H and O–H groups in total. The van der Waals surface area contributed by atoms with Gasteiger partial charge >= 0.3 is 0 Å². The minimum absolute atomic E-state index is 0.0204. The van der Waals surface area contributed by atoms with Crippen molar-refractivity contribution >= 4 is 29.1 Å². The predicted octanol–water partition coefficient (Wildman–Crippen LogP) is 3.62. The minimum Gasteiger partial charge on any atom is -0.312 e. The van der Waals surface area contributed by atoms with Crippen LogP contribution in [-0.4, -0.2) is 22.5 Å². The molecule has 2 rings (SSSR count). The van der Waals surface area contributed by atoms with Crippen molar-refractivity contribution in [3.63, 3.8) is 0 Å². The molecule has 0 radical (unpaired) electrons. The second-order valence-corrected chi connectivity index (χ2v) is 6.48. The Kier molecular flexibility index (Phi) is 5.48. The normalized spacial score (nSPS) is 19.3. The van der Waals surface area contributed by atoms with Crippen LogP contribution in [0, 0.1) is 10.1 Å². The van der Waals surface area contributed by atoms with Gasteiger partial charge in [-0.1, -0.05) is 24.1 Å². The highest BCUT2D eigenvalue weighted by atomic mass is 35.5. The van der Waals surface area contributed by atoms with Gasteiger partial charge in [0.05, 0.1) is 4.92 Å². The van der Waals surface area contributed by atoms with Crippen molar-refractivity contribution in [2.24, 2.45) is 0 Å². The Morgan fingerprint density at radius 3 is 3.00 bits per heavy atom. The summed E-state index contributed by atoms with van der Waals surface area (Å²) in [7, 11) is 0. The van der Waals surface area contributed by atoms with E-state index in [0.717, 1.165) is 12.1 Å². The topological polar surface area (TPSA) is 55.2 Å². The summed E-state index contributed by atoms with van der Waals surface area (Å²) in [6, 6.07) is 4.96. The van der Waals surface area contributed by atoms with E-state index in [1.54, 1.807) is 12.1 Å². The SMILES string of the molecule is O=[N+]([O-])c1cc(CNCC2CCCCS2)ccc1Cl. The first-order valence-corrected chi connectivity index (χ1v) is 7.84. The van der Waals surface area contributed by atoms with Gasteiger partial charge in [0.15, 0.2) is 0 Å². The van der Waals surface area contributed by atoms with Crippen LogP contribution < -0.4 is 5.32 Å². The summed E-state index contributed by atoms with van der Waals surface area (Å²) in [4.78, 5) is 10.4. The molecule has 0 saturated carbocycles. The molecule has 0 spiro atoms. The molecule has 19 heavy (non-hydrogen) atoms. The summed E-state index contributed by atoms with van der Waals surface area (Å²) in [5, 5.41) is 15.0. The van der Waals surface area contributed by atoms with Gasteiger partial charge < -0.3 is 5.32 Å². The zero-order chi connectivity index (χ0) is 13.7. The number of benzene rings is 1. The largest absolute Gasteiger partial charge is 0.312 e. The maximum atomic E-state index is 10.8. The van der Waals surface area contributed by atoms with Crippen LogP contribution in [-0.2, 0) is 6.54 Å². The van der Waals surface area contributed by atoms with Crippen LogP contribution in [0.5, 0.6) is 0 Å². The molecule has 1 saturated heterocycles. The van der Waals surface area contributed by atoms with Gasteiger partial charge in [0.25, 0.3) is 5.69 Å². The van der Waals surface area contributed by atoms with Crippen LogP contribution in [0.3, 0.4) is 0 Å². The molecule has 0 bridgehead atoms. The first-order valence-electron chi connectivity index (χ1n) is 6.42. The van der Waals surface area contributed by atoms with Crippen molar-refractivity contribution in [2.75, 3.05) is 12.3 Å². The lowest BCUT2D eigenvalue weighted by molar-refractivity contribution is -0.384. The molecular formula is C13H17ClN2O2S. The van der Waals surface area contributed by atoms with E-state index in [1.165, 1.54) is 25.0 Å². The van der Waals surface area contributed by atoms with Gasteiger partial charge in [-0.3, -0.25) is 10.1 Å². The van der Waals surface area contributed by atoms with Crippen LogP contribution in [0.25, 0.3) is 0 Å². The first kappa shape index (κ1) is 14.6. The van der Waals surface area contributed by atoms with Crippen LogP contribution in [0.4, 0.5) is 5.69 Å². The van der Waals surface area contributed by atoms with Crippen LogP contribution in [0.2, 0.25) is 5.02 Å². The van der Waals surface area contributed by atoms with Crippen molar-refractivity contribution < 1.29 is 4.92 Å². The number of nitro groups is 1. The van der Waals surface area contributed by atoms with Gasteiger partial charge in [-0.25, -0.2) is 0 Å². The molecule has 0 aliphatic carbocycles. The summed E-state index contributed by atoms with van der Waals surface area (Å²) in [5.74, 6) is 1.25. The summed E-state index contributed by atoms with van der Waals surface area (Å²) < 4.78 is 0. The summed E-state index contributed by atoms with van der Waals surface area (Å²) in [6.45, 7) is 1.61. The second-order valence-electron chi connectivity index (χ2n) is 4.66. The molecule has 0 amide bonds. The number of hydrogen-bond acceptors (Lipinski definition) is 4. The van der Waals surface area contributed by atoms with Crippen LogP contribution in [0.15, 0.2) is 18.2 Å². The Morgan fingerprint density at radius 1 is 1.47 bits per heavy atom. The lowest BCUT2D eigenvalue weighted by atomic mass is 10.1. The molecule has 1 aromatic rings. The molecule has 1 fully saturated rings. The van der Waals surface area contributed by atoms with E-state index in [2.05, 4.69) is 5.32 Å². The smallest absolute Gasteiger partial charge is 0.288 e. The Hall–Kier alpha value is -0.780. The number of nitrogens with zero attached hydrogens (tertiary/aromatic N) is 1. The second kappa shape index (κ2) is 7.12. The van der Waals surface area contributed by atoms with Gasteiger partial charge in [-0.2, -0.15) is 11.8 Å². The van der Waals surface area contributed by atoms with Gasteiger partial charge in [-0.15, -0.1) is 0 Å². The predicted molar refractivity (Wildman–Crippen MR) is 79.9 cm³/mol. The molecule has 6 heteroatoms. The molecular weight excluding hydrogens is 284 g/mol.